The van der Waals surface area contributed by atoms with E-state index in [0.29, 0.717) is 28.7 Å². The van der Waals surface area contributed by atoms with E-state index in [-0.39, 0.29) is 24.0 Å². The molecule has 0 spiro atoms. The van der Waals surface area contributed by atoms with Gasteiger partial charge < -0.3 is 15.6 Å². The summed E-state index contributed by atoms with van der Waals surface area (Å²) in [5.41, 5.74) is 6.86. The molecule has 0 saturated heterocycles. The van der Waals surface area contributed by atoms with Crippen LogP contribution in [0.5, 0.6) is 0 Å². The van der Waals surface area contributed by atoms with Crippen molar-refractivity contribution in [1.29, 1.82) is 0 Å². The highest BCUT2D eigenvalue weighted by Crippen LogP contribution is 2.25. The Morgan fingerprint density at radius 2 is 2.05 bits per heavy atom. The zero-order valence-corrected chi connectivity index (χ0v) is 15.4. The van der Waals surface area contributed by atoms with E-state index >= 15 is 0 Å². The molecule has 0 aromatic carbocycles. The van der Waals surface area contributed by atoms with Gasteiger partial charge >= 0.3 is 0 Å². The molecule has 0 aliphatic heterocycles. The molecule has 1 aromatic heterocycles. The van der Waals surface area contributed by atoms with Gasteiger partial charge in [-0.1, -0.05) is 42.5 Å². The molecule has 1 aliphatic rings. The van der Waals surface area contributed by atoms with E-state index < -0.39 is 0 Å². The maximum atomic E-state index is 6.00. The highest BCUT2D eigenvalue weighted by Gasteiger charge is 2.13. The van der Waals surface area contributed by atoms with Crippen molar-refractivity contribution in [3.63, 3.8) is 0 Å². The molecule has 20 heavy (non-hydrogen) atoms. The van der Waals surface area contributed by atoms with Crippen LogP contribution >= 0.6 is 47.2 Å². The SMILES string of the molecule is Cn1c(CN=C(N)NC2CCCCC2)cc(Cl)c1Cl.I. The quantitative estimate of drug-likeness (QED) is 0.436. The first-order valence-corrected chi connectivity index (χ1v) is 7.39. The fourth-order valence-corrected chi connectivity index (χ4v) is 2.82. The van der Waals surface area contributed by atoms with Crippen LogP contribution in [-0.4, -0.2) is 16.6 Å². The lowest BCUT2D eigenvalue weighted by Gasteiger charge is -2.23. The summed E-state index contributed by atoms with van der Waals surface area (Å²) >= 11 is 12.0. The van der Waals surface area contributed by atoms with Crippen molar-refractivity contribution in [1.82, 2.24) is 9.88 Å². The van der Waals surface area contributed by atoms with Crippen LogP contribution in [-0.2, 0) is 13.6 Å². The normalized spacial score (nSPS) is 16.9. The Hall–Kier alpha value is -0.140. The molecule has 114 valence electrons. The van der Waals surface area contributed by atoms with E-state index in [0.717, 1.165) is 5.69 Å². The van der Waals surface area contributed by atoms with E-state index in [1.54, 1.807) is 0 Å². The lowest BCUT2D eigenvalue weighted by molar-refractivity contribution is 0.412. The first-order valence-electron chi connectivity index (χ1n) is 6.64. The summed E-state index contributed by atoms with van der Waals surface area (Å²) in [6.07, 6.45) is 6.23. The van der Waals surface area contributed by atoms with Gasteiger partial charge in [0, 0.05) is 18.8 Å². The van der Waals surface area contributed by atoms with Crippen LogP contribution in [0.25, 0.3) is 0 Å². The Morgan fingerprint density at radius 3 is 2.60 bits per heavy atom. The first-order chi connectivity index (χ1) is 9.08. The molecule has 4 nitrogen and oxygen atoms in total. The minimum absolute atomic E-state index is 0. The number of nitrogens with zero attached hydrogens (tertiary/aromatic N) is 2. The number of hydrogen-bond acceptors (Lipinski definition) is 1. The molecule has 0 radical (unpaired) electrons. The standard InChI is InChI=1S/C13H20Cl2N4.HI/c1-19-10(7-11(14)12(19)15)8-17-13(16)18-9-5-3-2-4-6-9;/h7,9H,2-6,8H2,1H3,(H3,16,17,18);1H. The molecule has 1 heterocycles. The highest BCUT2D eigenvalue weighted by atomic mass is 127. The summed E-state index contributed by atoms with van der Waals surface area (Å²) in [6, 6.07) is 2.29. The fourth-order valence-electron chi connectivity index (χ4n) is 2.41. The largest absolute Gasteiger partial charge is 0.370 e. The van der Waals surface area contributed by atoms with Gasteiger partial charge in [-0.05, 0) is 18.9 Å². The molecule has 0 bridgehead atoms. The van der Waals surface area contributed by atoms with Crippen molar-refractivity contribution < 1.29 is 0 Å². The number of nitrogens with two attached hydrogens (primary N) is 1. The summed E-state index contributed by atoms with van der Waals surface area (Å²) in [5, 5.41) is 4.36. The van der Waals surface area contributed by atoms with E-state index in [1.807, 2.05) is 17.7 Å². The summed E-state index contributed by atoms with van der Waals surface area (Å²) < 4.78 is 1.82. The van der Waals surface area contributed by atoms with Crippen molar-refractivity contribution in [2.45, 2.75) is 44.7 Å². The smallest absolute Gasteiger partial charge is 0.189 e. The third-order valence-electron chi connectivity index (χ3n) is 3.58. The van der Waals surface area contributed by atoms with E-state index in [2.05, 4.69) is 10.3 Å². The molecule has 1 fully saturated rings. The van der Waals surface area contributed by atoms with Gasteiger partial charge in [0.25, 0.3) is 0 Å². The Balaban J connectivity index is 0.00000200. The van der Waals surface area contributed by atoms with Crippen LogP contribution < -0.4 is 11.1 Å². The molecule has 1 saturated carbocycles. The van der Waals surface area contributed by atoms with Crippen LogP contribution in [0.4, 0.5) is 0 Å². The molecule has 3 N–H and O–H groups in total. The van der Waals surface area contributed by atoms with Gasteiger partial charge in [0.05, 0.1) is 11.6 Å². The molecule has 0 unspecified atom stereocenters. The molecule has 2 rings (SSSR count). The van der Waals surface area contributed by atoms with Gasteiger partial charge in [-0.3, -0.25) is 0 Å². The average Bonchev–Trinajstić information content (AvgIpc) is 2.65. The fraction of sp³-hybridized carbons (Fsp3) is 0.615. The highest BCUT2D eigenvalue weighted by molar-refractivity contribution is 14.0. The number of nitrogens with one attached hydrogen (secondary N) is 1. The van der Waals surface area contributed by atoms with Gasteiger partial charge in [-0.15, -0.1) is 24.0 Å². The maximum absolute atomic E-state index is 6.00. The van der Waals surface area contributed by atoms with Crippen LogP contribution in [0.3, 0.4) is 0 Å². The summed E-state index contributed by atoms with van der Waals surface area (Å²) in [4.78, 5) is 4.35. The second-order valence-electron chi connectivity index (χ2n) is 5.01. The molecule has 0 atom stereocenters. The van der Waals surface area contributed by atoms with Crippen LogP contribution in [0.2, 0.25) is 10.2 Å². The van der Waals surface area contributed by atoms with Gasteiger partial charge in [-0.2, -0.15) is 0 Å². The average molecular weight is 431 g/mol. The number of guanidine groups is 1. The molecule has 1 aromatic rings. The topological polar surface area (TPSA) is 55.3 Å². The van der Waals surface area contributed by atoms with Crippen LogP contribution in [0.1, 0.15) is 37.8 Å². The summed E-state index contributed by atoms with van der Waals surface area (Å²) in [7, 11) is 1.86. The molecule has 7 heteroatoms. The number of hydrogen-bond donors (Lipinski definition) is 2. The Bertz CT molecular complexity index is 467. The zero-order valence-electron chi connectivity index (χ0n) is 11.5. The van der Waals surface area contributed by atoms with Crippen LogP contribution in [0.15, 0.2) is 11.1 Å². The third-order valence-corrected chi connectivity index (χ3v) is 4.43. The van der Waals surface area contributed by atoms with Crippen molar-refractivity contribution in [3.8, 4) is 0 Å². The summed E-state index contributed by atoms with van der Waals surface area (Å²) in [6.45, 7) is 0.481. The molecular formula is C13H21Cl2IN4. The minimum Gasteiger partial charge on any atom is -0.370 e. The van der Waals surface area contributed by atoms with Gasteiger partial charge in [-0.25, -0.2) is 4.99 Å². The van der Waals surface area contributed by atoms with Crippen molar-refractivity contribution >= 4 is 53.1 Å². The van der Waals surface area contributed by atoms with Crippen molar-refractivity contribution in [3.05, 3.63) is 21.9 Å². The monoisotopic (exact) mass is 430 g/mol. The predicted molar refractivity (Wildman–Crippen MR) is 96.2 cm³/mol. The number of aromatic nitrogens is 1. The predicted octanol–water partition coefficient (Wildman–Crippen LogP) is 3.69. The van der Waals surface area contributed by atoms with E-state index in [9.17, 15) is 0 Å². The minimum atomic E-state index is 0. The Labute approximate surface area is 147 Å². The Morgan fingerprint density at radius 1 is 1.40 bits per heavy atom. The summed E-state index contributed by atoms with van der Waals surface area (Å²) in [5.74, 6) is 0.500. The van der Waals surface area contributed by atoms with Crippen molar-refractivity contribution in [2.75, 3.05) is 0 Å². The second kappa shape index (κ2) is 8.34. The molecule has 0 amide bonds. The maximum Gasteiger partial charge on any atom is 0.189 e. The van der Waals surface area contributed by atoms with Crippen LogP contribution in [0, 0.1) is 0 Å². The lowest BCUT2D eigenvalue weighted by atomic mass is 9.96. The number of rotatable bonds is 3. The molecule has 1 aliphatic carbocycles. The van der Waals surface area contributed by atoms with Crippen molar-refractivity contribution in [2.24, 2.45) is 17.8 Å². The zero-order chi connectivity index (χ0) is 13.8. The lowest BCUT2D eigenvalue weighted by Crippen LogP contribution is -2.41. The van der Waals surface area contributed by atoms with E-state index in [1.165, 1.54) is 32.1 Å². The number of halogens is 3. The van der Waals surface area contributed by atoms with Gasteiger partial charge in [0.1, 0.15) is 5.15 Å². The first kappa shape index (κ1) is 17.9. The second-order valence-corrected chi connectivity index (χ2v) is 5.78. The van der Waals surface area contributed by atoms with E-state index in [4.69, 9.17) is 28.9 Å². The third kappa shape index (κ3) is 4.70. The Kier molecular flexibility index (Phi) is 7.47. The molecular weight excluding hydrogens is 410 g/mol. The van der Waals surface area contributed by atoms with Gasteiger partial charge in [0.2, 0.25) is 0 Å². The van der Waals surface area contributed by atoms with Gasteiger partial charge in [0.15, 0.2) is 5.96 Å². The number of aliphatic imine (C=N–C) groups is 1.